The van der Waals surface area contributed by atoms with E-state index in [1.165, 1.54) is 0 Å². The zero-order valence-electron chi connectivity index (χ0n) is 15.3. The summed E-state index contributed by atoms with van der Waals surface area (Å²) in [4.78, 5) is 35.8. The molecule has 0 saturated heterocycles. The fourth-order valence-corrected chi connectivity index (χ4v) is 2.92. The lowest BCUT2D eigenvalue weighted by Crippen LogP contribution is -2.35. The van der Waals surface area contributed by atoms with Crippen LogP contribution in [0.4, 0.5) is 5.69 Å². The molecule has 146 valence electrons. The van der Waals surface area contributed by atoms with Crippen molar-refractivity contribution in [3.8, 4) is 0 Å². The predicted molar refractivity (Wildman–Crippen MR) is 111 cm³/mol. The van der Waals surface area contributed by atoms with Crippen LogP contribution in [0.1, 0.15) is 28.8 Å². The maximum absolute atomic E-state index is 12.1. The van der Waals surface area contributed by atoms with E-state index in [0.717, 1.165) is 22.9 Å². The molecule has 3 amide bonds. The van der Waals surface area contributed by atoms with Crippen molar-refractivity contribution in [2.45, 2.75) is 19.3 Å². The molecule has 0 aliphatic heterocycles. The van der Waals surface area contributed by atoms with Gasteiger partial charge in [0.15, 0.2) is 0 Å². The second-order valence-corrected chi connectivity index (χ2v) is 7.67. The molecule has 0 heterocycles. The molecule has 6 nitrogen and oxygen atoms in total. The Morgan fingerprint density at radius 3 is 2.18 bits per heavy atom. The van der Waals surface area contributed by atoms with Gasteiger partial charge in [0, 0.05) is 34.7 Å². The second-order valence-electron chi connectivity index (χ2n) is 6.75. The van der Waals surface area contributed by atoms with E-state index in [1.54, 1.807) is 24.3 Å². The highest BCUT2D eigenvalue weighted by molar-refractivity contribution is 9.10. The zero-order valence-corrected chi connectivity index (χ0v) is 16.9. The van der Waals surface area contributed by atoms with Gasteiger partial charge in [-0.1, -0.05) is 28.1 Å². The first kappa shape index (κ1) is 20.1. The van der Waals surface area contributed by atoms with E-state index in [9.17, 15) is 14.4 Å². The first-order valence-electron chi connectivity index (χ1n) is 9.21. The smallest absolute Gasteiger partial charge is 0.251 e. The molecule has 1 saturated carbocycles. The van der Waals surface area contributed by atoms with Crippen LogP contribution in [0.2, 0.25) is 0 Å². The Morgan fingerprint density at radius 2 is 1.54 bits per heavy atom. The fourth-order valence-electron chi connectivity index (χ4n) is 2.65. The summed E-state index contributed by atoms with van der Waals surface area (Å²) in [5.41, 5.74) is 2.06. The van der Waals surface area contributed by atoms with E-state index < -0.39 is 0 Å². The molecule has 0 bridgehead atoms. The third-order valence-corrected chi connectivity index (χ3v) is 4.90. The second kappa shape index (κ2) is 9.50. The largest absolute Gasteiger partial charge is 0.354 e. The Bertz CT molecular complexity index is 846. The summed E-state index contributed by atoms with van der Waals surface area (Å²) in [6, 6.07) is 14.3. The molecule has 3 N–H and O–H groups in total. The number of hydrogen-bond acceptors (Lipinski definition) is 3. The van der Waals surface area contributed by atoms with Crippen molar-refractivity contribution in [1.29, 1.82) is 0 Å². The molecular formula is C21H22BrN3O3. The fraction of sp³-hybridized carbons (Fsp3) is 0.286. The van der Waals surface area contributed by atoms with E-state index in [2.05, 4.69) is 31.9 Å². The van der Waals surface area contributed by atoms with Crippen LogP contribution < -0.4 is 16.0 Å². The average Bonchev–Trinajstić information content (AvgIpc) is 3.52. The van der Waals surface area contributed by atoms with Gasteiger partial charge in [-0.05, 0) is 54.8 Å². The number of hydrogen-bond donors (Lipinski definition) is 3. The minimum atomic E-state index is -0.214. The number of benzene rings is 2. The van der Waals surface area contributed by atoms with Gasteiger partial charge in [0.05, 0.1) is 6.42 Å². The van der Waals surface area contributed by atoms with Gasteiger partial charge in [-0.2, -0.15) is 0 Å². The van der Waals surface area contributed by atoms with E-state index in [1.807, 2.05) is 24.3 Å². The number of carbonyl (C=O) groups is 3. The standard InChI is InChI=1S/C21H22BrN3O3/c22-17-7-1-14(2-8-17)13-19(26)25-18-9-5-16(6-10-18)21(28)24-12-11-23-20(27)15-3-4-15/h1-2,5-10,15H,3-4,11-13H2,(H,23,27)(H,24,28)(H,25,26). The molecule has 1 aliphatic carbocycles. The third-order valence-electron chi connectivity index (χ3n) is 4.37. The number of halogens is 1. The molecule has 2 aromatic rings. The summed E-state index contributed by atoms with van der Waals surface area (Å²) >= 11 is 3.37. The molecule has 0 aromatic heterocycles. The molecule has 0 atom stereocenters. The summed E-state index contributed by atoms with van der Waals surface area (Å²) < 4.78 is 0.968. The van der Waals surface area contributed by atoms with Crippen molar-refractivity contribution in [2.75, 3.05) is 18.4 Å². The first-order chi connectivity index (χ1) is 13.5. The minimum absolute atomic E-state index is 0.0671. The lowest BCUT2D eigenvalue weighted by Gasteiger charge is -2.08. The Balaban J connectivity index is 1.41. The van der Waals surface area contributed by atoms with Gasteiger partial charge in [0.1, 0.15) is 0 Å². The van der Waals surface area contributed by atoms with Crippen molar-refractivity contribution in [3.63, 3.8) is 0 Å². The number of nitrogens with one attached hydrogen (secondary N) is 3. The van der Waals surface area contributed by atoms with Crippen molar-refractivity contribution < 1.29 is 14.4 Å². The van der Waals surface area contributed by atoms with Gasteiger partial charge < -0.3 is 16.0 Å². The van der Waals surface area contributed by atoms with Gasteiger partial charge >= 0.3 is 0 Å². The normalized spacial score (nSPS) is 12.9. The Labute approximate surface area is 172 Å². The Morgan fingerprint density at radius 1 is 0.893 bits per heavy atom. The van der Waals surface area contributed by atoms with Gasteiger partial charge in [-0.15, -0.1) is 0 Å². The molecular weight excluding hydrogens is 422 g/mol. The van der Waals surface area contributed by atoms with Crippen LogP contribution in [-0.2, 0) is 16.0 Å². The van der Waals surface area contributed by atoms with Crippen LogP contribution >= 0.6 is 15.9 Å². The summed E-state index contributed by atoms with van der Waals surface area (Å²) in [7, 11) is 0. The molecule has 7 heteroatoms. The molecule has 0 radical (unpaired) electrons. The van der Waals surface area contributed by atoms with E-state index in [-0.39, 0.29) is 30.1 Å². The highest BCUT2D eigenvalue weighted by Gasteiger charge is 2.28. The van der Waals surface area contributed by atoms with Crippen LogP contribution in [0.3, 0.4) is 0 Å². The molecule has 3 rings (SSSR count). The van der Waals surface area contributed by atoms with Gasteiger partial charge in [-0.25, -0.2) is 0 Å². The van der Waals surface area contributed by atoms with Gasteiger partial charge in [0.25, 0.3) is 5.91 Å². The first-order valence-corrected chi connectivity index (χ1v) is 10.0. The van der Waals surface area contributed by atoms with Crippen molar-refractivity contribution in [3.05, 3.63) is 64.1 Å². The van der Waals surface area contributed by atoms with Crippen LogP contribution in [0.5, 0.6) is 0 Å². The minimum Gasteiger partial charge on any atom is -0.354 e. The predicted octanol–water partition coefficient (Wildman–Crippen LogP) is 2.89. The van der Waals surface area contributed by atoms with Crippen LogP contribution in [-0.4, -0.2) is 30.8 Å². The van der Waals surface area contributed by atoms with Crippen LogP contribution in [0.25, 0.3) is 0 Å². The maximum Gasteiger partial charge on any atom is 0.251 e. The molecule has 1 aliphatic rings. The summed E-state index contributed by atoms with van der Waals surface area (Å²) in [6.07, 6.45) is 2.20. The third kappa shape index (κ3) is 6.20. The molecule has 28 heavy (non-hydrogen) atoms. The quantitative estimate of drug-likeness (QED) is 0.548. The van der Waals surface area contributed by atoms with E-state index >= 15 is 0 Å². The molecule has 1 fully saturated rings. The zero-order chi connectivity index (χ0) is 19.9. The number of rotatable bonds is 8. The number of anilines is 1. The molecule has 2 aromatic carbocycles. The Hall–Kier alpha value is -2.67. The van der Waals surface area contributed by atoms with E-state index in [0.29, 0.717) is 24.3 Å². The monoisotopic (exact) mass is 443 g/mol. The lowest BCUT2D eigenvalue weighted by molar-refractivity contribution is -0.122. The van der Waals surface area contributed by atoms with Crippen molar-refractivity contribution in [2.24, 2.45) is 5.92 Å². The highest BCUT2D eigenvalue weighted by atomic mass is 79.9. The number of carbonyl (C=O) groups excluding carboxylic acids is 3. The molecule has 0 spiro atoms. The van der Waals surface area contributed by atoms with E-state index in [4.69, 9.17) is 0 Å². The van der Waals surface area contributed by atoms with Gasteiger partial charge in [0.2, 0.25) is 11.8 Å². The Kier molecular flexibility index (Phi) is 6.81. The topological polar surface area (TPSA) is 87.3 Å². The van der Waals surface area contributed by atoms with Crippen LogP contribution in [0, 0.1) is 5.92 Å². The van der Waals surface area contributed by atoms with Gasteiger partial charge in [-0.3, -0.25) is 14.4 Å². The summed E-state index contributed by atoms with van der Waals surface area (Å²) in [5.74, 6) is -0.0981. The van der Waals surface area contributed by atoms with Crippen molar-refractivity contribution >= 4 is 39.3 Å². The molecule has 0 unspecified atom stereocenters. The maximum atomic E-state index is 12.1. The summed E-state index contributed by atoms with van der Waals surface area (Å²) in [5, 5.41) is 8.39. The highest BCUT2D eigenvalue weighted by Crippen LogP contribution is 2.28. The lowest BCUT2D eigenvalue weighted by atomic mass is 10.1. The number of amides is 3. The van der Waals surface area contributed by atoms with Crippen molar-refractivity contribution in [1.82, 2.24) is 10.6 Å². The van der Waals surface area contributed by atoms with Crippen LogP contribution in [0.15, 0.2) is 53.0 Å². The average molecular weight is 444 g/mol. The SMILES string of the molecule is O=C(Cc1ccc(Br)cc1)Nc1ccc(C(=O)NCCNC(=O)C2CC2)cc1. The summed E-state index contributed by atoms with van der Waals surface area (Å²) in [6.45, 7) is 0.800.